The van der Waals surface area contributed by atoms with Crippen molar-refractivity contribution in [3.63, 3.8) is 0 Å². The van der Waals surface area contributed by atoms with E-state index in [0.717, 1.165) is 0 Å². The third-order valence-electron chi connectivity index (χ3n) is 17.1. The van der Waals surface area contributed by atoms with Crippen molar-refractivity contribution < 1.29 is 112 Å². The molecule has 0 aliphatic carbocycles. The lowest BCUT2D eigenvalue weighted by molar-refractivity contribution is -0.142. The van der Waals surface area contributed by atoms with Gasteiger partial charge in [0, 0.05) is 25.9 Å². The van der Waals surface area contributed by atoms with Gasteiger partial charge in [-0.3, -0.25) is 97.1 Å². The van der Waals surface area contributed by atoms with E-state index in [1.807, 2.05) is 5.32 Å². The normalized spacial score (nSPS) is 14.7. The summed E-state index contributed by atoms with van der Waals surface area (Å²) < 4.78 is 0. The molecule has 46 heteroatoms. The highest BCUT2D eigenvalue weighted by atomic mass is 16.4. The number of amides is 15. The monoisotopic (exact) mass is 1640 g/mol. The highest BCUT2D eigenvalue weighted by Gasteiger charge is 2.39. The van der Waals surface area contributed by atoms with Gasteiger partial charge in [-0.05, 0) is 114 Å². The van der Waals surface area contributed by atoms with Gasteiger partial charge in [0.25, 0.3) is 0 Å². The van der Waals surface area contributed by atoms with E-state index in [4.69, 9.17) is 45.2 Å². The Labute approximate surface area is 664 Å². The number of rotatable bonds is 59. The predicted octanol–water partition coefficient (Wildman–Crippen LogP) is -7.85. The van der Waals surface area contributed by atoms with E-state index in [1.54, 1.807) is 55.4 Å². The maximum atomic E-state index is 14.4. The summed E-state index contributed by atoms with van der Waals surface area (Å²) in [5.41, 5.74) is 33.1. The molecular formula is C69H121N23O23. The number of carboxylic acid groups (broad SMARTS) is 4. The van der Waals surface area contributed by atoms with E-state index < -0.39 is 260 Å². The fraction of sp³-hybridized carbons (Fsp3) is 0.696. The molecule has 0 saturated heterocycles. The summed E-state index contributed by atoms with van der Waals surface area (Å²) in [6.45, 7) is 14.2. The Balaban J connectivity index is 7.27. The molecule has 0 aliphatic rings. The molecule has 0 radical (unpaired) electrons. The van der Waals surface area contributed by atoms with Crippen molar-refractivity contribution in [2.75, 3.05) is 26.2 Å². The first-order valence-corrected chi connectivity index (χ1v) is 37.6. The van der Waals surface area contributed by atoms with Crippen molar-refractivity contribution in [3.05, 3.63) is 0 Å². The van der Waals surface area contributed by atoms with Crippen LogP contribution in [0, 0.1) is 34.5 Å². The number of carbonyl (C=O) groups is 19. The van der Waals surface area contributed by atoms with Crippen LogP contribution in [-0.2, 0) is 91.1 Å². The van der Waals surface area contributed by atoms with Crippen LogP contribution in [0.3, 0.4) is 0 Å². The number of nitrogens with one attached hydrogen (secondary N) is 17. The zero-order chi connectivity index (χ0) is 88.1. The van der Waals surface area contributed by atoms with E-state index in [9.17, 15) is 112 Å². The molecule has 14 atom stereocenters. The molecule has 0 heterocycles. The molecule has 650 valence electrons. The van der Waals surface area contributed by atoms with Gasteiger partial charge in [0.15, 0.2) is 11.9 Å². The summed E-state index contributed by atoms with van der Waals surface area (Å²) in [6, 6.07) is -21.7. The van der Waals surface area contributed by atoms with Crippen molar-refractivity contribution >= 4 is 124 Å². The summed E-state index contributed by atoms with van der Waals surface area (Å²) in [6.07, 6.45) is -6.73. The molecule has 0 aromatic rings. The number of primary amides is 2. The Bertz CT molecular complexity index is 3380. The van der Waals surface area contributed by atoms with Gasteiger partial charge in [-0.15, -0.1) is 0 Å². The van der Waals surface area contributed by atoms with Crippen LogP contribution in [0.15, 0.2) is 0 Å². The third kappa shape index (κ3) is 44.4. The first kappa shape index (κ1) is 103. The third-order valence-corrected chi connectivity index (χ3v) is 17.1. The number of carboxylic acids is 4. The molecule has 0 aromatic heterocycles. The van der Waals surface area contributed by atoms with Crippen molar-refractivity contribution in [2.24, 2.45) is 58.1 Å². The fourth-order valence-corrected chi connectivity index (χ4v) is 11.0. The minimum Gasteiger partial charge on any atom is -0.481 e. The SMILES string of the molecule is CC[C@H](C)[C@H](NC(=O)[C@H](C)N)C(=O)N[C@@H](CCCNC(=N)N)C(=O)N[C@@H](CC(N)=O)C(=O)N[C@@H](CC(=O)O)C(=O)N[C@@H](CCC(=O)O)C(=O)N[C@@H](CCC(=O)O)C(=O)N[C@@H](CC(C)C)C(=O)N[C@@H](CC(N)=O)C(=O)N[C@@H](CCCCN)C(=O)N[C@@H](CC(C)C)C(=O)N[C@@H](CC(C)C)C(=O)NCC(=O)N[C@@H](CCCNC(=N)N)C(=O)O. The largest absolute Gasteiger partial charge is 0.481 e. The van der Waals surface area contributed by atoms with Crippen molar-refractivity contribution in [1.29, 1.82) is 10.8 Å². The number of unbranched alkanes of at least 4 members (excludes halogenated alkanes) is 1. The van der Waals surface area contributed by atoms with Gasteiger partial charge in [0.05, 0.1) is 31.8 Å². The molecular weight excluding hydrogens is 1520 g/mol. The average Bonchev–Trinajstić information content (AvgIpc) is 0.855. The molecule has 46 nitrogen and oxygen atoms in total. The lowest BCUT2D eigenvalue weighted by Crippen LogP contribution is -2.61. The van der Waals surface area contributed by atoms with Gasteiger partial charge >= 0.3 is 23.9 Å². The van der Waals surface area contributed by atoms with E-state index >= 15 is 0 Å². The van der Waals surface area contributed by atoms with Crippen LogP contribution < -0.4 is 114 Å². The summed E-state index contributed by atoms with van der Waals surface area (Å²) >= 11 is 0. The second-order valence-corrected chi connectivity index (χ2v) is 28.9. The van der Waals surface area contributed by atoms with Crippen LogP contribution in [0.5, 0.6) is 0 Å². The molecule has 15 amide bonds. The molecule has 0 unspecified atom stereocenters. The number of hydrogen-bond donors (Lipinski definition) is 27. The zero-order valence-corrected chi connectivity index (χ0v) is 66.4. The van der Waals surface area contributed by atoms with Crippen LogP contribution in [0.1, 0.15) is 178 Å². The van der Waals surface area contributed by atoms with Gasteiger partial charge in [-0.2, -0.15) is 0 Å². The second-order valence-electron chi connectivity index (χ2n) is 28.9. The Morgan fingerprint density at radius 2 is 0.652 bits per heavy atom. The fourth-order valence-electron chi connectivity index (χ4n) is 11.0. The lowest BCUT2D eigenvalue weighted by Gasteiger charge is -2.29. The van der Waals surface area contributed by atoms with Gasteiger partial charge < -0.3 is 135 Å². The standard InChI is InChI=1S/C69H121N23O23/c1-10-35(8)54(92-55(102)36(9)71)66(113)85-38(16-13-23-78-68(74)75)58(105)89-46(29-49(73)94)64(111)91-47(30-53(100)101)65(112)84-39(18-20-51(96)97)59(106)83-40(19-21-52(98)99)60(107)88-44(27-34(6)7)62(109)90-45(28-48(72)93)63(110)82-37(15-11-12-22-70)57(104)87-43(26-33(4)5)61(108)86-42(25-32(2)3)56(103)80-31-50(95)81-41(67(114)115)17-14-24-79-69(76)77/h32-47,54H,10-31,70-71H2,1-9H3,(H2,72,93)(H2,73,94)(H,80,103)(H,81,95)(H,82,110)(H,83,106)(H,84,112)(H,85,113)(H,86,108)(H,87,104)(H,88,107)(H,89,105)(H,90,109)(H,91,111)(H,92,102)(H,96,97)(H,98,99)(H,100,101)(H,114,115)(H4,74,75,78)(H4,76,77,79)/t35-,36-,37-,38-,39-,40-,41-,42-,43-,44-,45-,46-,47-,54-/m0/s1. The maximum absolute atomic E-state index is 14.4. The van der Waals surface area contributed by atoms with Crippen molar-refractivity contribution in [1.82, 2.24) is 79.8 Å². The zero-order valence-electron chi connectivity index (χ0n) is 66.4. The van der Waals surface area contributed by atoms with Gasteiger partial charge in [-0.1, -0.05) is 61.8 Å². The van der Waals surface area contributed by atoms with Crippen LogP contribution in [-0.4, -0.2) is 250 Å². The number of nitrogens with two attached hydrogens (primary N) is 6. The molecule has 0 rings (SSSR count). The topological polar surface area (TPSA) is 790 Å². The van der Waals surface area contributed by atoms with Crippen LogP contribution >= 0.6 is 0 Å². The molecule has 0 aliphatic heterocycles. The Kier molecular flexibility index (Phi) is 48.7. The van der Waals surface area contributed by atoms with Crippen molar-refractivity contribution in [2.45, 2.75) is 256 Å². The first-order chi connectivity index (χ1) is 53.6. The van der Waals surface area contributed by atoms with Crippen molar-refractivity contribution in [3.8, 4) is 0 Å². The maximum Gasteiger partial charge on any atom is 0.326 e. The quantitative estimate of drug-likeness (QED) is 0.0153. The number of aliphatic carboxylic acids is 4. The molecule has 0 fully saturated rings. The molecule has 33 N–H and O–H groups in total. The van der Waals surface area contributed by atoms with E-state index in [-0.39, 0.29) is 102 Å². The number of carbonyl (C=O) groups excluding carboxylic acids is 15. The second kappa shape index (κ2) is 54.2. The summed E-state index contributed by atoms with van der Waals surface area (Å²) in [7, 11) is 0. The van der Waals surface area contributed by atoms with Crippen LogP contribution in [0.4, 0.5) is 0 Å². The van der Waals surface area contributed by atoms with Gasteiger partial charge in [0.2, 0.25) is 88.6 Å². The van der Waals surface area contributed by atoms with E-state index in [0.29, 0.717) is 6.42 Å². The average molecular weight is 1640 g/mol. The summed E-state index contributed by atoms with van der Waals surface area (Å²) in [5.74, 6) is -25.8. The Morgan fingerprint density at radius 1 is 0.339 bits per heavy atom. The van der Waals surface area contributed by atoms with Crippen LogP contribution in [0.2, 0.25) is 0 Å². The Hall–Kier alpha value is -11.6. The highest BCUT2D eigenvalue weighted by molar-refractivity contribution is 6.02. The molecule has 0 saturated carbocycles. The molecule has 115 heavy (non-hydrogen) atoms. The summed E-state index contributed by atoms with van der Waals surface area (Å²) in [5, 5.41) is 89.4. The lowest BCUT2D eigenvalue weighted by atomic mass is 9.97. The smallest absolute Gasteiger partial charge is 0.326 e. The minimum atomic E-state index is -2.27. The first-order valence-electron chi connectivity index (χ1n) is 37.6. The predicted molar refractivity (Wildman–Crippen MR) is 410 cm³/mol. The molecule has 0 aromatic carbocycles. The Morgan fingerprint density at radius 3 is 0.974 bits per heavy atom. The molecule has 0 bridgehead atoms. The van der Waals surface area contributed by atoms with Crippen LogP contribution in [0.25, 0.3) is 0 Å². The highest BCUT2D eigenvalue weighted by Crippen LogP contribution is 2.16. The van der Waals surface area contributed by atoms with Gasteiger partial charge in [-0.25, -0.2) is 4.79 Å². The van der Waals surface area contributed by atoms with E-state index in [2.05, 4.69) is 74.4 Å². The summed E-state index contributed by atoms with van der Waals surface area (Å²) in [4.78, 5) is 255. The molecule has 0 spiro atoms. The number of guanidine groups is 2. The van der Waals surface area contributed by atoms with E-state index in [1.165, 1.54) is 6.92 Å². The number of hydrogen-bond acceptors (Lipinski definition) is 23. The van der Waals surface area contributed by atoms with Gasteiger partial charge in [0.1, 0.15) is 72.5 Å². The minimum absolute atomic E-state index is 0.000573.